The fourth-order valence-corrected chi connectivity index (χ4v) is 2.92. The van der Waals surface area contributed by atoms with Crippen molar-refractivity contribution < 1.29 is 17.6 Å². The van der Waals surface area contributed by atoms with E-state index in [0.29, 0.717) is 24.7 Å². The number of rotatable bonds is 7. The molecule has 0 radical (unpaired) electrons. The molecule has 0 aliphatic rings. The Morgan fingerprint density at radius 1 is 1.47 bits per heavy atom. The summed E-state index contributed by atoms with van der Waals surface area (Å²) in [6.07, 6.45) is 0.0793. The molecule has 0 spiro atoms. The van der Waals surface area contributed by atoms with Crippen molar-refractivity contribution in [1.82, 2.24) is 4.31 Å². The van der Waals surface area contributed by atoms with Gasteiger partial charge in [0.05, 0.1) is 19.3 Å². The van der Waals surface area contributed by atoms with Crippen LogP contribution in [-0.4, -0.2) is 39.0 Å². The van der Waals surface area contributed by atoms with Gasteiger partial charge in [-0.25, -0.2) is 8.42 Å². The van der Waals surface area contributed by atoms with Crippen molar-refractivity contribution in [1.29, 1.82) is 0 Å². The maximum atomic E-state index is 12.3. The third-order valence-corrected chi connectivity index (χ3v) is 4.63. The molecule has 0 saturated heterocycles. The van der Waals surface area contributed by atoms with Crippen LogP contribution < -0.4 is 5.73 Å². The number of nitrogens with zero attached hydrogens (tertiary/aromatic N) is 1. The minimum Gasteiger partial charge on any atom is -0.464 e. The van der Waals surface area contributed by atoms with Crippen molar-refractivity contribution in [2.75, 3.05) is 20.2 Å². The van der Waals surface area contributed by atoms with Gasteiger partial charge in [-0.05, 0) is 20.8 Å². The Kier molecular flexibility index (Phi) is 5.54. The van der Waals surface area contributed by atoms with E-state index in [1.54, 1.807) is 6.92 Å². The average molecular weight is 290 g/mol. The molecule has 0 atom stereocenters. The van der Waals surface area contributed by atoms with Crippen molar-refractivity contribution in [2.24, 2.45) is 5.73 Å². The molecule has 6 nitrogen and oxygen atoms in total. The first kappa shape index (κ1) is 16.2. The van der Waals surface area contributed by atoms with Gasteiger partial charge in [0, 0.05) is 19.7 Å². The number of nitrogens with two attached hydrogens (primary N) is 1. The lowest BCUT2D eigenvalue weighted by atomic mass is 10.4. The van der Waals surface area contributed by atoms with Crippen molar-refractivity contribution >= 4 is 10.0 Å². The molecule has 1 heterocycles. The lowest BCUT2D eigenvalue weighted by molar-refractivity contribution is 0.0737. The number of sulfonamides is 1. The number of aryl methyl sites for hydroxylation is 1. The third-order valence-electron chi connectivity index (χ3n) is 2.67. The van der Waals surface area contributed by atoms with E-state index in [1.807, 2.05) is 13.8 Å². The molecule has 0 aliphatic carbocycles. The van der Waals surface area contributed by atoms with E-state index in [9.17, 15) is 8.42 Å². The predicted octanol–water partition coefficient (Wildman–Crippen LogP) is 1.09. The molecule has 0 unspecified atom stereocenters. The molecule has 0 amide bonds. The second-order valence-electron chi connectivity index (χ2n) is 4.58. The minimum atomic E-state index is -3.55. The van der Waals surface area contributed by atoms with Gasteiger partial charge in [-0.2, -0.15) is 4.31 Å². The summed E-state index contributed by atoms with van der Waals surface area (Å²) in [6, 6.07) is 1.48. The van der Waals surface area contributed by atoms with Gasteiger partial charge in [-0.15, -0.1) is 0 Å². The van der Waals surface area contributed by atoms with Gasteiger partial charge in [-0.3, -0.25) is 0 Å². The molecular formula is C12H22N2O4S. The zero-order chi connectivity index (χ0) is 14.6. The van der Waals surface area contributed by atoms with Gasteiger partial charge in [-0.1, -0.05) is 0 Å². The number of likely N-dealkylation sites (N-methyl/N-ethyl adjacent to an activating group) is 1. The highest BCUT2D eigenvalue weighted by Crippen LogP contribution is 2.22. The van der Waals surface area contributed by atoms with Crippen LogP contribution in [0.1, 0.15) is 25.4 Å². The largest absolute Gasteiger partial charge is 0.464 e. The van der Waals surface area contributed by atoms with Crippen LogP contribution in [0, 0.1) is 6.92 Å². The molecule has 0 fully saturated rings. The Bertz CT molecular complexity index is 508. The molecule has 2 N–H and O–H groups in total. The normalized spacial score (nSPS) is 12.6. The molecule has 19 heavy (non-hydrogen) atoms. The van der Waals surface area contributed by atoms with Crippen LogP contribution in [0.4, 0.5) is 0 Å². The fourth-order valence-electron chi connectivity index (χ4n) is 1.59. The predicted molar refractivity (Wildman–Crippen MR) is 72.2 cm³/mol. The first-order valence-corrected chi connectivity index (χ1v) is 7.60. The minimum absolute atomic E-state index is 0.0793. The van der Waals surface area contributed by atoms with Crippen molar-refractivity contribution in [3.8, 4) is 0 Å². The second kappa shape index (κ2) is 6.51. The monoisotopic (exact) mass is 290 g/mol. The third kappa shape index (κ3) is 4.04. The number of hydrogen-bond acceptors (Lipinski definition) is 5. The summed E-state index contributed by atoms with van der Waals surface area (Å²) in [5, 5.41) is 0. The van der Waals surface area contributed by atoms with Gasteiger partial charge in [0.1, 0.15) is 16.4 Å². The van der Waals surface area contributed by atoms with E-state index in [-0.39, 0.29) is 17.5 Å². The Morgan fingerprint density at radius 2 is 2.11 bits per heavy atom. The summed E-state index contributed by atoms with van der Waals surface area (Å²) >= 11 is 0. The highest BCUT2D eigenvalue weighted by Gasteiger charge is 2.25. The fraction of sp³-hybridized carbons (Fsp3) is 0.667. The van der Waals surface area contributed by atoms with Gasteiger partial charge in [0.25, 0.3) is 0 Å². The van der Waals surface area contributed by atoms with Crippen LogP contribution in [-0.2, 0) is 21.3 Å². The smallest absolute Gasteiger partial charge is 0.246 e. The Hall–Kier alpha value is -0.890. The van der Waals surface area contributed by atoms with Crippen molar-refractivity contribution in [3.63, 3.8) is 0 Å². The first-order valence-electron chi connectivity index (χ1n) is 6.16. The Morgan fingerprint density at radius 3 is 2.58 bits per heavy atom. The van der Waals surface area contributed by atoms with E-state index in [4.69, 9.17) is 14.9 Å². The Balaban J connectivity index is 2.81. The van der Waals surface area contributed by atoms with E-state index in [0.717, 1.165) is 0 Å². The van der Waals surface area contributed by atoms with Crippen LogP contribution in [0.15, 0.2) is 15.4 Å². The topological polar surface area (TPSA) is 85.8 Å². The molecule has 0 aromatic carbocycles. The molecule has 1 rings (SSSR count). The SMILES string of the molecule is Cc1oc(CN)cc1S(=O)(=O)N(C)CCOC(C)C. The average Bonchev–Trinajstić information content (AvgIpc) is 2.70. The molecule has 1 aromatic rings. The van der Waals surface area contributed by atoms with Crippen molar-refractivity contribution in [3.05, 3.63) is 17.6 Å². The molecule has 0 bridgehead atoms. The summed E-state index contributed by atoms with van der Waals surface area (Å²) in [5.41, 5.74) is 5.44. The highest BCUT2D eigenvalue weighted by atomic mass is 32.2. The van der Waals surface area contributed by atoms with Crippen LogP contribution >= 0.6 is 0 Å². The standard InChI is InChI=1S/C12H22N2O4S/c1-9(2)17-6-5-14(4)19(15,16)12-7-11(8-13)18-10(12)3/h7,9H,5-6,8,13H2,1-4H3. The Labute approximate surface area is 114 Å². The van der Waals surface area contributed by atoms with E-state index < -0.39 is 10.0 Å². The molecule has 1 aromatic heterocycles. The molecule has 0 saturated carbocycles. The summed E-state index contributed by atoms with van der Waals surface area (Å²) < 4.78 is 36.5. The zero-order valence-electron chi connectivity index (χ0n) is 11.8. The quantitative estimate of drug-likeness (QED) is 0.812. The van der Waals surface area contributed by atoms with E-state index >= 15 is 0 Å². The van der Waals surface area contributed by atoms with E-state index in [2.05, 4.69) is 0 Å². The number of hydrogen-bond donors (Lipinski definition) is 1. The van der Waals surface area contributed by atoms with Gasteiger partial charge >= 0.3 is 0 Å². The number of ether oxygens (including phenoxy) is 1. The second-order valence-corrected chi connectivity index (χ2v) is 6.60. The maximum absolute atomic E-state index is 12.3. The maximum Gasteiger partial charge on any atom is 0.246 e. The van der Waals surface area contributed by atoms with Gasteiger partial charge < -0.3 is 14.9 Å². The number of furan rings is 1. The molecule has 7 heteroatoms. The van der Waals surface area contributed by atoms with Gasteiger partial charge in [0.15, 0.2) is 0 Å². The van der Waals surface area contributed by atoms with Crippen molar-refractivity contribution in [2.45, 2.75) is 38.3 Å². The van der Waals surface area contributed by atoms with Gasteiger partial charge in [0.2, 0.25) is 10.0 Å². The summed E-state index contributed by atoms with van der Waals surface area (Å²) in [5.74, 6) is 0.819. The van der Waals surface area contributed by atoms with Crippen LogP contribution in [0.25, 0.3) is 0 Å². The van der Waals surface area contributed by atoms with Crippen LogP contribution in [0.2, 0.25) is 0 Å². The lowest BCUT2D eigenvalue weighted by Gasteiger charge is -2.17. The summed E-state index contributed by atoms with van der Waals surface area (Å²) in [7, 11) is -2.03. The highest BCUT2D eigenvalue weighted by molar-refractivity contribution is 7.89. The summed E-state index contributed by atoms with van der Waals surface area (Å²) in [4.78, 5) is 0.167. The first-order chi connectivity index (χ1) is 8.78. The van der Waals surface area contributed by atoms with Crippen LogP contribution in [0.3, 0.4) is 0 Å². The zero-order valence-corrected chi connectivity index (χ0v) is 12.7. The molecular weight excluding hydrogens is 268 g/mol. The lowest BCUT2D eigenvalue weighted by Crippen LogP contribution is -2.31. The van der Waals surface area contributed by atoms with Crippen LogP contribution in [0.5, 0.6) is 0 Å². The summed E-state index contributed by atoms with van der Waals surface area (Å²) in [6.45, 7) is 6.25. The molecule has 110 valence electrons. The molecule has 0 aliphatic heterocycles. The van der Waals surface area contributed by atoms with E-state index in [1.165, 1.54) is 17.4 Å².